The third-order valence-corrected chi connectivity index (χ3v) is 3.42. The van der Waals surface area contributed by atoms with Gasteiger partial charge in [-0.25, -0.2) is 0 Å². The highest BCUT2D eigenvalue weighted by atomic mass is 35.5. The first-order chi connectivity index (χ1) is 8.11. The van der Waals surface area contributed by atoms with E-state index in [4.69, 9.17) is 11.6 Å². The van der Waals surface area contributed by atoms with Gasteiger partial charge in [-0.2, -0.15) is 0 Å². The first-order valence-electron chi connectivity index (χ1n) is 6.83. The highest BCUT2D eigenvalue weighted by Gasteiger charge is 2.04. The van der Waals surface area contributed by atoms with E-state index in [1.165, 1.54) is 24.0 Å². The van der Waals surface area contributed by atoms with Gasteiger partial charge in [0.15, 0.2) is 0 Å². The molecule has 0 aromatic heterocycles. The Hall–Kier alpha value is -0.490. The number of benzene rings is 1. The van der Waals surface area contributed by atoms with Crippen molar-refractivity contribution in [3.63, 3.8) is 0 Å². The first-order valence-corrected chi connectivity index (χ1v) is 7.27. The lowest BCUT2D eigenvalue weighted by Crippen LogP contribution is -2.01. The van der Waals surface area contributed by atoms with Crippen molar-refractivity contribution in [1.29, 1.82) is 0 Å². The van der Waals surface area contributed by atoms with Crippen LogP contribution in [0.2, 0.25) is 0 Å². The minimum atomic E-state index is 0.341. The van der Waals surface area contributed by atoms with E-state index in [-0.39, 0.29) is 0 Å². The summed E-state index contributed by atoms with van der Waals surface area (Å²) in [6.45, 7) is 6.73. The van der Waals surface area contributed by atoms with E-state index < -0.39 is 0 Å². The maximum Gasteiger partial charge on any atom is 0.0339 e. The summed E-state index contributed by atoms with van der Waals surface area (Å²) in [7, 11) is 0. The Bertz CT molecular complexity index is 317. The molecular weight excluding hydrogens is 228 g/mol. The first kappa shape index (κ1) is 14.6. The lowest BCUT2D eigenvalue weighted by atomic mass is 9.98. The van der Waals surface area contributed by atoms with Gasteiger partial charge in [-0.15, -0.1) is 11.6 Å². The van der Waals surface area contributed by atoms with E-state index in [0.29, 0.717) is 5.38 Å². The molecular formula is C16H25Cl. The Morgan fingerprint density at radius 3 is 2.47 bits per heavy atom. The summed E-state index contributed by atoms with van der Waals surface area (Å²) < 4.78 is 0. The van der Waals surface area contributed by atoms with Crippen LogP contribution in [0.15, 0.2) is 24.3 Å². The van der Waals surface area contributed by atoms with Gasteiger partial charge >= 0.3 is 0 Å². The van der Waals surface area contributed by atoms with Crippen LogP contribution in [0.5, 0.6) is 0 Å². The Morgan fingerprint density at radius 1 is 1.12 bits per heavy atom. The van der Waals surface area contributed by atoms with Crippen LogP contribution in [0.4, 0.5) is 0 Å². The van der Waals surface area contributed by atoms with Crippen molar-refractivity contribution >= 4 is 11.6 Å². The summed E-state index contributed by atoms with van der Waals surface area (Å²) in [6.07, 6.45) is 5.70. The molecule has 0 spiro atoms. The van der Waals surface area contributed by atoms with Crippen molar-refractivity contribution in [2.45, 2.75) is 58.3 Å². The highest BCUT2D eigenvalue weighted by Crippen LogP contribution is 2.16. The van der Waals surface area contributed by atoms with E-state index in [1.54, 1.807) is 0 Å². The summed E-state index contributed by atoms with van der Waals surface area (Å²) in [5.41, 5.74) is 2.89. The minimum Gasteiger partial charge on any atom is -0.123 e. The van der Waals surface area contributed by atoms with Crippen LogP contribution >= 0.6 is 11.6 Å². The second-order valence-corrected chi connectivity index (χ2v) is 5.96. The molecule has 0 fully saturated rings. The molecule has 0 bridgehead atoms. The largest absolute Gasteiger partial charge is 0.123 e. The van der Waals surface area contributed by atoms with Crippen molar-refractivity contribution in [2.75, 3.05) is 0 Å². The van der Waals surface area contributed by atoms with Crippen LogP contribution in [0, 0.1) is 5.92 Å². The van der Waals surface area contributed by atoms with Gasteiger partial charge in [0.25, 0.3) is 0 Å². The molecule has 0 aliphatic rings. The minimum absolute atomic E-state index is 0.341. The van der Waals surface area contributed by atoms with Gasteiger partial charge in [0.1, 0.15) is 0 Å². The van der Waals surface area contributed by atoms with Gasteiger partial charge in [-0.1, -0.05) is 51.5 Å². The molecule has 0 saturated heterocycles. The number of hydrogen-bond acceptors (Lipinski definition) is 0. The molecule has 0 N–H and O–H groups in total. The fourth-order valence-corrected chi connectivity index (χ4v) is 2.49. The maximum atomic E-state index is 6.25. The lowest BCUT2D eigenvalue weighted by Gasteiger charge is -2.10. The monoisotopic (exact) mass is 252 g/mol. The second-order valence-electron chi connectivity index (χ2n) is 5.34. The smallest absolute Gasteiger partial charge is 0.0339 e. The average molecular weight is 253 g/mol. The highest BCUT2D eigenvalue weighted by molar-refractivity contribution is 6.20. The maximum absolute atomic E-state index is 6.25. The molecule has 1 aromatic carbocycles. The molecule has 0 saturated carbocycles. The third-order valence-electron chi connectivity index (χ3n) is 2.98. The standard InChI is InChI=1S/C16H25Cl/c1-4-6-16(17)10-9-14-7-5-8-15(12-14)11-13(2)3/h5,7-8,12-13,16H,4,6,9-11H2,1-3H3. The molecule has 1 heteroatoms. The molecule has 0 heterocycles. The van der Waals surface area contributed by atoms with Crippen LogP contribution < -0.4 is 0 Å². The number of aryl methyl sites for hydroxylation is 1. The lowest BCUT2D eigenvalue weighted by molar-refractivity contribution is 0.645. The quantitative estimate of drug-likeness (QED) is 0.584. The van der Waals surface area contributed by atoms with Gasteiger partial charge in [0, 0.05) is 5.38 Å². The molecule has 96 valence electrons. The fourth-order valence-electron chi connectivity index (χ4n) is 2.16. The van der Waals surface area contributed by atoms with Gasteiger partial charge in [0.2, 0.25) is 0 Å². The van der Waals surface area contributed by atoms with Crippen LogP contribution in [0.1, 0.15) is 51.2 Å². The van der Waals surface area contributed by atoms with Crippen LogP contribution in [0.25, 0.3) is 0 Å². The number of hydrogen-bond donors (Lipinski definition) is 0. The average Bonchev–Trinajstić information content (AvgIpc) is 2.26. The van der Waals surface area contributed by atoms with Gasteiger partial charge in [-0.3, -0.25) is 0 Å². The zero-order valence-corrected chi connectivity index (χ0v) is 12.1. The van der Waals surface area contributed by atoms with Crippen LogP contribution in [-0.4, -0.2) is 5.38 Å². The molecule has 1 unspecified atom stereocenters. The van der Waals surface area contributed by atoms with Crippen molar-refractivity contribution in [3.8, 4) is 0 Å². The fraction of sp³-hybridized carbons (Fsp3) is 0.625. The number of rotatable bonds is 7. The summed E-state index contributed by atoms with van der Waals surface area (Å²) in [5.74, 6) is 0.728. The molecule has 1 rings (SSSR count). The number of alkyl halides is 1. The Balaban J connectivity index is 2.48. The molecule has 1 aromatic rings. The predicted molar refractivity (Wildman–Crippen MR) is 77.9 cm³/mol. The van der Waals surface area contributed by atoms with E-state index in [1.807, 2.05) is 0 Å². The van der Waals surface area contributed by atoms with Crippen molar-refractivity contribution in [2.24, 2.45) is 5.92 Å². The Morgan fingerprint density at radius 2 is 1.82 bits per heavy atom. The molecule has 0 radical (unpaired) electrons. The summed E-state index contributed by atoms with van der Waals surface area (Å²) in [6, 6.07) is 8.97. The van der Waals surface area contributed by atoms with Crippen molar-refractivity contribution in [1.82, 2.24) is 0 Å². The summed E-state index contributed by atoms with van der Waals surface area (Å²) in [5, 5.41) is 0.341. The topological polar surface area (TPSA) is 0 Å². The predicted octanol–water partition coefficient (Wildman–Crippen LogP) is 5.23. The van der Waals surface area contributed by atoms with Gasteiger partial charge < -0.3 is 0 Å². The van der Waals surface area contributed by atoms with E-state index in [2.05, 4.69) is 45.0 Å². The van der Waals surface area contributed by atoms with E-state index >= 15 is 0 Å². The number of halogens is 1. The molecule has 0 nitrogen and oxygen atoms in total. The molecule has 1 atom stereocenters. The van der Waals surface area contributed by atoms with Crippen LogP contribution in [0.3, 0.4) is 0 Å². The van der Waals surface area contributed by atoms with Crippen molar-refractivity contribution < 1.29 is 0 Å². The molecule has 0 aliphatic carbocycles. The molecule has 0 aliphatic heterocycles. The normalized spacial score (nSPS) is 13.0. The Labute approximate surface area is 111 Å². The SMILES string of the molecule is CCCC(Cl)CCc1cccc(CC(C)C)c1. The molecule has 0 amide bonds. The molecule has 17 heavy (non-hydrogen) atoms. The zero-order chi connectivity index (χ0) is 12.7. The van der Waals surface area contributed by atoms with Crippen molar-refractivity contribution in [3.05, 3.63) is 35.4 Å². The van der Waals surface area contributed by atoms with Crippen LogP contribution in [-0.2, 0) is 12.8 Å². The summed E-state index contributed by atoms with van der Waals surface area (Å²) in [4.78, 5) is 0. The summed E-state index contributed by atoms with van der Waals surface area (Å²) >= 11 is 6.25. The zero-order valence-electron chi connectivity index (χ0n) is 11.4. The van der Waals surface area contributed by atoms with Gasteiger partial charge in [-0.05, 0) is 42.7 Å². The van der Waals surface area contributed by atoms with Gasteiger partial charge in [0.05, 0.1) is 0 Å². The van der Waals surface area contributed by atoms with E-state index in [0.717, 1.165) is 25.2 Å². The second kappa shape index (κ2) is 7.76. The third kappa shape index (κ3) is 6.12. The van der Waals surface area contributed by atoms with E-state index in [9.17, 15) is 0 Å². The Kier molecular flexibility index (Phi) is 6.65.